The molecular weight excluding hydrogens is 276 g/mol. The van der Waals surface area contributed by atoms with Gasteiger partial charge in [0.1, 0.15) is 11.4 Å². The van der Waals surface area contributed by atoms with Crippen LogP contribution >= 0.6 is 11.6 Å². The average Bonchev–Trinajstić information content (AvgIpc) is 2.45. The number of hydrogen-bond donors (Lipinski definition) is 3. The van der Waals surface area contributed by atoms with E-state index in [1.807, 2.05) is 13.8 Å². The van der Waals surface area contributed by atoms with Crippen LogP contribution in [0.2, 0.25) is 5.02 Å². The first-order valence-corrected chi connectivity index (χ1v) is 6.49. The molecule has 1 aromatic carbocycles. The van der Waals surface area contributed by atoms with Gasteiger partial charge in [-0.3, -0.25) is 4.98 Å². The predicted octanol–water partition coefficient (Wildman–Crippen LogP) is 3.09. The van der Waals surface area contributed by atoms with Crippen LogP contribution in [0.4, 0.5) is 11.4 Å². The van der Waals surface area contributed by atoms with Crippen LogP contribution in [0.1, 0.15) is 19.5 Å². The number of phenolic OH excluding ortho intramolecular Hbond substituents is 1. The molecule has 2 aromatic rings. The normalized spacial score (nSPS) is 10.7. The number of anilines is 1. The topological polar surface area (TPSA) is 97.5 Å². The SMILES string of the molecule is CC.NC(=Nc1ccc(O)c(Cl)c1)c1ncccc1N. The Labute approximate surface area is 122 Å². The molecule has 0 saturated heterocycles. The summed E-state index contributed by atoms with van der Waals surface area (Å²) in [4.78, 5) is 8.20. The average molecular weight is 293 g/mol. The van der Waals surface area contributed by atoms with E-state index >= 15 is 0 Å². The second kappa shape index (κ2) is 7.35. The molecule has 5 nitrogen and oxygen atoms in total. The summed E-state index contributed by atoms with van der Waals surface area (Å²) in [7, 11) is 0. The van der Waals surface area contributed by atoms with Gasteiger partial charge in [-0.05, 0) is 30.3 Å². The third kappa shape index (κ3) is 3.86. The first-order chi connectivity index (χ1) is 9.58. The fraction of sp³-hybridized carbons (Fsp3) is 0.143. The molecule has 6 heteroatoms. The molecule has 0 amide bonds. The van der Waals surface area contributed by atoms with Crippen LogP contribution in [0.15, 0.2) is 41.5 Å². The lowest BCUT2D eigenvalue weighted by Gasteiger charge is -2.04. The van der Waals surface area contributed by atoms with Gasteiger partial charge in [0, 0.05) is 6.20 Å². The maximum Gasteiger partial charge on any atom is 0.152 e. The lowest BCUT2D eigenvalue weighted by Crippen LogP contribution is -2.16. The zero-order valence-electron chi connectivity index (χ0n) is 11.3. The lowest BCUT2D eigenvalue weighted by atomic mass is 10.2. The highest BCUT2D eigenvalue weighted by Gasteiger charge is 2.05. The van der Waals surface area contributed by atoms with Gasteiger partial charge in [-0.25, -0.2) is 4.99 Å². The van der Waals surface area contributed by atoms with E-state index in [1.165, 1.54) is 12.1 Å². The summed E-state index contributed by atoms with van der Waals surface area (Å²) in [5.41, 5.74) is 12.9. The molecule has 1 heterocycles. The van der Waals surface area contributed by atoms with Crippen molar-refractivity contribution in [1.29, 1.82) is 0 Å². The summed E-state index contributed by atoms with van der Waals surface area (Å²) in [6, 6.07) is 7.93. The second-order valence-corrected chi connectivity index (χ2v) is 3.98. The number of nitrogens with zero attached hydrogens (tertiary/aromatic N) is 2. The van der Waals surface area contributed by atoms with Crippen LogP contribution < -0.4 is 11.5 Å². The van der Waals surface area contributed by atoms with Crippen molar-refractivity contribution < 1.29 is 5.11 Å². The van der Waals surface area contributed by atoms with Gasteiger partial charge in [-0.2, -0.15) is 0 Å². The van der Waals surface area contributed by atoms with Gasteiger partial charge in [0.25, 0.3) is 0 Å². The summed E-state index contributed by atoms with van der Waals surface area (Å²) >= 11 is 5.77. The minimum absolute atomic E-state index is 0.00784. The van der Waals surface area contributed by atoms with E-state index in [0.29, 0.717) is 17.1 Å². The highest BCUT2D eigenvalue weighted by atomic mass is 35.5. The van der Waals surface area contributed by atoms with Crippen LogP contribution in [0.5, 0.6) is 5.75 Å². The zero-order valence-corrected chi connectivity index (χ0v) is 12.1. The number of hydrogen-bond acceptors (Lipinski definition) is 4. The van der Waals surface area contributed by atoms with E-state index in [9.17, 15) is 5.11 Å². The van der Waals surface area contributed by atoms with Gasteiger partial charge in [0.2, 0.25) is 0 Å². The third-order valence-corrected chi connectivity index (χ3v) is 2.57. The maximum atomic E-state index is 9.29. The Bertz CT molecular complexity index is 614. The highest BCUT2D eigenvalue weighted by Crippen LogP contribution is 2.27. The molecule has 2 rings (SSSR count). The third-order valence-electron chi connectivity index (χ3n) is 2.26. The fourth-order valence-electron chi connectivity index (χ4n) is 1.39. The van der Waals surface area contributed by atoms with Crippen molar-refractivity contribution in [3.05, 3.63) is 47.2 Å². The number of aromatic hydroxyl groups is 1. The Balaban J connectivity index is 0.000000956. The van der Waals surface area contributed by atoms with Gasteiger partial charge in [-0.1, -0.05) is 25.4 Å². The number of pyridine rings is 1. The Morgan fingerprint density at radius 1 is 1.30 bits per heavy atom. The molecule has 0 radical (unpaired) electrons. The summed E-state index contributed by atoms with van der Waals surface area (Å²) in [6.45, 7) is 4.00. The van der Waals surface area contributed by atoms with E-state index in [4.69, 9.17) is 23.1 Å². The van der Waals surface area contributed by atoms with Crippen LogP contribution in [-0.4, -0.2) is 15.9 Å². The standard InChI is InChI=1S/C12H11ClN4O.C2H6/c13-8-6-7(3-4-10(8)18)17-12(15)11-9(14)2-1-5-16-11;1-2/h1-6,18H,14H2,(H2,15,17);1-2H3. The molecular formula is C14H17ClN4O. The molecule has 0 aliphatic carbocycles. The van der Waals surface area contributed by atoms with E-state index < -0.39 is 0 Å². The number of nitrogens with two attached hydrogens (primary N) is 2. The molecule has 0 atom stereocenters. The van der Waals surface area contributed by atoms with E-state index in [2.05, 4.69) is 9.98 Å². The Morgan fingerprint density at radius 2 is 2.00 bits per heavy atom. The molecule has 1 aromatic heterocycles. The van der Waals surface area contributed by atoms with Crippen molar-refractivity contribution in [3.63, 3.8) is 0 Å². The number of aromatic nitrogens is 1. The molecule has 0 fully saturated rings. The smallest absolute Gasteiger partial charge is 0.152 e. The van der Waals surface area contributed by atoms with Crippen LogP contribution in [0, 0.1) is 0 Å². The van der Waals surface area contributed by atoms with E-state index in [1.54, 1.807) is 24.4 Å². The highest BCUT2D eigenvalue weighted by molar-refractivity contribution is 6.32. The number of benzene rings is 1. The molecule has 0 aliphatic rings. The summed E-state index contributed by atoms with van der Waals surface area (Å²) in [5.74, 6) is 0.182. The maximum absolute atomic E-state index is 9.29. The summed E-state index contributed by atoms with van der Waals surface area (Å²) in [5, 5.41) is 9.50. The zero-order chi connectivity index (χ0) is 15.1. The fourth-order valence-corrected chi connectivity index (χ4v) is 1.56. The Kier molecular flexibility index (Phi) is 5.80. The number of aliphatic imine (C=N–C) groups is 1. The van der Waals surface area contributed by atoms with Crippen molar-refractivity contribution in [2.45, 2.75) is 13.8 Å². The Hall–Kier alpha value is -2.27. The van der Waals surface area contributed by atoms with Gasteiger partial charge in [0.05, 0.1) is 16.4 Å². The predicted molar refractivity (Wildman–Crippen MR) is 83.5 cm³/mol. The molecule has 0 unspecified atom stereocenters. The van der Waals surface area contributed by atoms with Crippen molar-refractivity contribution in [3.8, 4) is 5.75 Å². The van der Waals surface area contributed by atoms with E-state index in [-0.39, 0.29) is 16.6 Å². The summed E-state index contributed by atoms with van der Waals surface area (Å²) in [6.07, 6.45) is 1.58. The van der Waals surface area contributed by atoms with Crippen LogP contribution in [0.3, 0.4) is 0 Å². The van der Waals surface area contributed by atoms with Crippen molar-refractivity contribution in [1.82, 2.24) is 4.98 Å². The number of phenols is 1. The molecule has 20 heavy (non-hydrogen) atoms. The van der Waals surface area contributed by atoms with Gasteiger partial charge >= 0.3 is 0 Å². The minimum atomic E-state index is -0.00784. The van der Waals surface area contributed by atoms with Crippen molar-refractivity contribution in [2.75, 3.05) is 5.73 Å². The van der Waals surface area contributed by atoms with Crippen molar-refractivity contribution in [2.24, 2.45) is 10.7 Å². The lowest BCUT2D eigenvalue weighted by molar-refractivity contribution is 0.475. The number of amidine groups is 1. The first-order valence-electron chi connectivity index (χ1n) is 6.11. The molecule has 5 N–H and O–H groups in total. The Morgan fingerprint density at radius 3 is 2.60 bits per heavy atom. The molecule has 0 aliphatic heterocycles. The van der Waals surface area contributed by atoms with Gasteiger partial charge in [0.15, 0.2) is 5.84 Å². The van der Waals surface area contributed by atoms with Crippen LogP contribution in [-0.2, 0) is 0 Å². The first kappa shape index (κ1) is 15.8. The van der Waals surface area contributed by atoms with Gasteiger partial charge < -0.3 is 16.6 Å². The second-order valence-electron chi connectivity index (χ2n) is 3.57. The minimum Gasteiger partial charge on any atom is -0.506 e. The number of nitrogen functional groups attached to an aromatic ring is 1. The van der Waals surface area contributed by atoms with Crippen molar-refractivity contribution >= 4 is 28.8 Å². The van der Waals surface area contributed by atoms with E-state index in [0.717, 1.165) is 0 Å². The largest absolute Gasteiger partial charge is 0.506 e. The number of halogens is 1. The monoisotopic (exact) mass is 292 g/mol. The molecule has 106 valence electrons. The number of rotatable bonds is 2. The van der Waals surface area contributed by atoms with Crippen LogP contribution in [0.25, 0.3) is 0 Å². The molecule has 0 bridgehead atoms. The molecule has 0 saturated carbocycles. The van der Waals surface area contributed by atoms with Gasteiger partial charge in [-0.15, -0.1) is 0 Å². The quantitative estimate of drug-likeness (QED) is 0.585. The summed E-state index contributed by atoms with van der Waals surface area (Å²) < 4.78 is 0. The molecule has 0 spiro atoms.